The summed E-state index contributed by atoms with van der Waals surface area (Å²) in [6.07, 6.45) is 2.12. The SMILES string of the molecule is Cl.O=C(C1COCCN1)N1CCC(c2ccccc2)CC1. The van der Waals surface area contributed by atoms with Gasteiger partial charge in [-0.25, -0.2) is 0 Å². The number of piperidine rings is 1. The minimum absolute atomic E-state index is 0. The number of nitrogens with zero attached hydrogens (tertiary/aromatic N) is 1. The van der Waals surface area contributed by atoms with Crippen molar-refractivity contribution in [2.45, 2.75) is 24.8 Å². The van der Waals surface area contributed by atoms with E-state index in [1.54, 1.807) is 0 Å². The highest BCUT2D eigenvalue weighted by atomic mass is 35.5. The fourth-order valence-electron chi connectivity index (χ4n) is 3.10. The first-order valence-corrected chi connectivity index (χ1v) is 7.49. The van der Waals surface area contributed by atoms with Crippen LogP contribution in [0.1, 0.15) is 24.3 Å². The van der Waals surface area contributed by atoms with Gasteiger partial charge in [-0.2, -0.15) is 0 Å². The summed E-state index contributed by atoms with van der Waals surface area (Å²) in [6.45, 7) is 3.71. The largest absolute Gasteiger partial charge is 0.378 e. The van der Waals surface area contributed by atoms with E-state index in [2.05, 4.69) is 35.6 Å². The van der Waals surface area contributed by atoms with Crippen LogP contribution in [0, 0.1) is 0 Å². The van der Waals surface area contributed by atoms with E-state index in [0.29, 0.717) is 19.1 Å². The predicted octanol–water partition coefficient (Wildman–Crippen LogP) is 1.80. The van der Waals surface area contributed by atoms with Crippen LogP contribution in [0.2, 0.25) is 0 Å². The molecule has 1 N–H and O–H groups in total. The Morgan fingerprint density at radius 1 is 1.19 bits per heavy atom. The van der Waals surface area contributed by atoms with Gasteiger partial charge in [0.15, 0.2) is 0 Å². The molecule has 1 aromatic rings. The first kappa shape index (κ1) is 16.3. The molecule has 0 saturated carbocycles. The van der Waals surface area contributed by atoms with Crippen LogP contribution >= 0.6 is 12.4 Å². The molecular formula is C16H23ClN2O2. The maximum absolute atomic E-state index is 12.4. The maximum Gasteiger partial charge on any atom is 0.242 e. The van der Waals surface area contributed by atoms with Gasteiger partial charge in [-0.05, 0) is 24.3 Å². The topological polar surface area (TPSA) is 41.6 Å². The molecule has 3 rings (SSSR count). The van der Waals surface area contributed by atoms with Gasteiger partial charge >= 0.3 is 0 Å². The monoisotopic (exact) mass is 310 g/mol. The van der Waals surface area contributed by atoms with Crippen LogP contribution in [-0.2, 0) is 9.53 Å². The predicted molar refractivity (Wildman–Crippen MR) is 84.9 cm³/mol. The van der Waals surface area contributed by atoms with Crippen LogP contribution in [0.25, 0.3) is 0 Å². The molecule has 1 atom stereocenters. The fraction of sp³-hybridized carbons (Fsp3) is 0.562. The number of halogens is 1. The number of carbonyl (C=O) groups excluding carboxylic acids is 1. The molecule has 2 aliphatic rings. The van der Waals surface area contributed by atoms with E-state index in [1.807, 2.05) is 4.90 Å². The number of benzene rings is 1. The molecule has 0 aromatic heterocycles. The van der Waals surface area contributed by atoms with Crippen molar-refractivity contribution in [2.24, 2.45) is 0 Å². The van der Waals surface area contributed by atoms with Gasteiger partial charge < -0.3 is 15.0 Å². The molecule has 1 unspecified atom stereocenters. The summed E-state index contributed by atoms with van der Waals surface area (Å²) in [5.41, 5.74) is 1.40. The Hall–Kier alpha value is -1.10. The van der Waals surface area contributed by atoms with Gasteiger partial charge in [0.1, 0.15) is 6.04 Å². The second-order valence-electron chi connectivity index (χ2n) is 5.59. The molecule has 2 heterocycles. The molecule has 2 aliphatic heterocycles. The van der Waals surface area contributed by atoms with Crippen molar-refractivity contribution < 1.29 is 9.53 Å². The quantitative estimate of drug-likeness (QED) is 0.906. The molecule has 0 spiro atoms. The van der Waals surface area contributed by atoms with Crippen molar-refractivity contribution in [3.05, 3.63) is 35.9 Å². The van der Waals surface area contributed by atoms with E-state index in [-0.39, 0.29) is 24.4 Å². The molecule has 2 saturated heterocycles. The first-order chi connectivity index (χ1) is 9.84. The van der Waals surface area contributed by atoms with E-state index >= 15 is 0 Å². The molecule has 116 valence electrons. The minimum atomic E-state index is -0.142. The van der Waals surface area contributed by atoms with Crippen LogP contribution in [0.4, 0.5) is 0 Å². The molecule has 5 heteroatoms. The van der Waals surface area contributed by atoms with Crippen molar-refractivity contribution in [3.63, 3.8) is 0 Å². The number of hydrogen-bond acceptors (Lipinski definition) is 3. The fourth-order valence-corrected chi connectivity index (χ4v) is 3.10. The van der Waals surface area contributed by atoms with E-state index in [9.17, 15) is 4.79 Å². The van der Waals surface area contributed by atoms with Crippen LogP contribution in [0.15, 0.2) is 30.3 Å². The van der Waals surface area contributed by atoms with Crippen molar-refractivity contribution >= 4 is 18.3 Å². The molecule has 0 aliphatic carbocycles. The van der Waals surface area contributed by atoms with Crippen LogP contribution < -0.4 is 5.32 Å². The lowest BCUT2D eigenvalue weighted by Gasteiger charge is -2.35. The number of nitrogens with one attached hydrogen (secondary N) is 1. The second kappa shape index (κ2) is 7.78. The van der Waals surface area contributed by atoms with Crippen molar-refractivity contribution in [3.8, 4) is 0 Å². The summed E-state index contributed by atoms with van der Waals surface area (Å²) in [6, 6.07) is 10.5. The summed E-state index contributed by atoms with van der Waals surface area (Å²) in [5.74, 6) is 0.798. The zero-order chi connectivity index (χ0) is 13.8. The third kappa shape index (κ3) is 3.96. The highest BCUT2D eigenvalue weighted by Crippen LogP contribution is 2.27. The smallest absolute Gasteiger partial charge is 0.242 e. The third-order valence-electron chi connectivity index (χ3n) is 4.30. The standard InChI is InChI=1S/C16H22N2O2.ClH/c19-16(15-12-20-11-8-17-15)18-9-6-14(7-10-18)13-4-2-1-3-5-13;/h1-5,14-15,17H,6-12H2;1H. The third-order valence-corrected chi connectivity index (χ3v) is 4.30. The summed E-state index contributed by atoms with van der Waals surface area (Å²) in [4.78, 5) is 14.4. The van der Waals surface area contributed by atoms with Gasteiger partial charge in [0.05, 0.1) is 13.2 Å². The summed E-state index contributed by atoms with van der Waals surface area (Å²) in [5, 5.41) is 3.24. The number of rotatable bonds is 2. The van der Waals surface area contributed by atoms with E-state index in [0.717, 1.165) is 32.5 Å². The van der Waals surface area contributed by atoms with E-state index in [4.69, 9.17) is 4.74 Å². The summed E-state index contributed by atoms with van der Waals surface area (Å²) < 4.78 is 5.37. The Labute approximate surface area is 132 Å². The first-order valence-electron chi connectivity index (χ1n) is 7.49. The highest BCUT2D eigenvalue weighted by Gasteiger charge is 2.29. The molecular weight excluding hydrogens is 288 g/mol. The maximum atomic E-state index is 12.4. The lowest BCUT2D eigenvalue weighted by molar-refractivity contribution is -0.137. The van der Waals surface area contributed by atoms with Crippen LogP contribution in [0.3, 0.4) is 0 Å². The highest BCUT2D eigenvalue weighted by molar-refractivity contribution is 5.85. The molecule has 0 bridgehead atoms. The van der Waals surface area contributed by atoms with Crippen LogP contribution in [0.5, 0.6) is 0 Å². The molecule has 21 heavy (non-hydrogen) atoms. The number of morpholine rings is 1. The Bertz CT molecular complexity index is 441. The van der Waals surface area contributed by atoms with Crippen LogP contribution in [-0.4, -0.2) is 49.7 Å². The normalized spacial score (nSPS) is 23.4. The lowest BCUT2D eigenvalue weighted by atomic mass is 9.89. The van der Waals surface area contributed by atoms with Gasteiger partial charge in [-0.1, -0.05) is 30.3 Å². The number of ether oxygens (including phenoxy) is 1. The van der Waals surface area contributed by atoms with Gasteiger partial charge in [0.2, 0.25) is 5.91 Å². The number of likely N-dealkylation sites (tertiary alicyclic amines) is 1. The average Bonchev–Trinajstić information content (AvgIpc) is 2.56. The van der Waals surface area contributed by atoms with Gasteiger partial charge in [0.25, 0.3) is 0 Å². The molecule has 2 fully saturated rings. The van der Waals surface area contributed by atoms with Gasteiger partial charge in [-0.3, -0.25) is 4.79 Å². The van der Waals surface area contributed by atoms with E-state index in [1.165, 1.54) is 5.56 Å². The lowest BCUT2D eigenvalue weighted by Crippen LogP contribution is -2.53. The second-order valence-corrected chi connectivity index (χ2v) is 5.59. The molecule has 0 radical (unpaired) electrons. The number of amides is 1. The Morgan fingerprint density at radius 2 is 1.90 bits per heavy atom. The number of carbonyl (C=O) groups is 1. The number of hydrogen-bond donors (Lipinski definition) is 1. The van der Waals surface area contributed by atoms with Gasteiger partial charge in [-0.15, -0.1) is 12.4 Å². The average molecular weight is 311 g/mol. The zero-order valence-electron chi connectivity index (χ0n) is 12.2. The Kier molecular flexibility index (Phi) is 6.03. The van der Waals surface area contributed by atoms with Crippen molar-refractivity contribution in [1.82, 2.24) is 10.2 Å². The van der Waals surface area contributed by atoms with Gasteiger partial charge in [0, 0.05) is 19.6 Å². The Morgan fingerprint density at radius 3 is 2.52 bits per heavy atom. The summed E-state index contributed by atoms with van der Waals surface area (Å²) in [7, 11) is 0. The molecule has 1 aromatic carbocycles. The Balaban J connectivity index is 0.00000161. The summed E-state index contributed by atoms with van der Waals surface area (Å²) >= 11 is 0. The van der Waals surface area contributed by atoms with Crippen molar-refractivity contribution in [2.75, 3.05) is 32.8 Å². The minimum Gasteiger partial charge on any atom is -0.378 e. The molecule has 4 nitrogen and oxygen atoms in total. The molecule has 1 amide bonds. The van der Waals surface area contributed by atoms with E-state index < -0.39 is 0 Å². The zero-order valence-corrected chi connectivity index (χ0v) is 13.0. The van der Waals surface area contributed by atoms with Crippen molar-refractivity contribution in [1.29, 1.82) is 0 Å².